The fraction of sp³-hybridized carbons (Fsp3) is 0.909. The van der Waals surface area contributed by atoms with Gasteiger partial charge in [0, 0.05) is 32.7 Å². The first-order valence-electron chi connectivity index (χ1n) is 5.29. The summed E-state index contributed by atoms with van der Waals surface area (Å²) in [6, 6.07) is 0. The third-order valence-electron chi connectivity index (χ3n) is 0.971. The van der Waals surface area contributed by atoms with Crippen LogP contribution in [0.25, 0.3) is 0 Å². The zero-order valence-corrected chi connectivity index (χ0v) is 13.5. The average Bonchev–Trinajstić information content (AvgIpc) is 2.95. The van der Waals surface area contributed by atoms with Gasteiger partial charge >= 0.3 is 0 Å². The fourth-order valence-electron chi connectivity index (χ4n) is 0.0962. The molecule has 2 unspecified atom stereocenters. The molecule has 1 radical (unpaired) electrons. The van der Waals surface area contributed by atoms with Crippen molar-refractivity contribution in [3.05, 3.63) is 6.92 Å². The standard InChI is InChI=1S/C4H9O.C3H6O.2C2H6.Y/c1-3-4(2)5;1-3-2-4-3;2*1-2;/h4-5H,2-3H2,1H3;3H,2H2,1H3;2*1-2H3;/q-1;;;;. The molecule has 2 nitrogen and oxygen atoms in total. The quantitative estimate of drug-likeness (QED) is 0.591. The Balaban J connectivity index is -0.0000000506. The van der Waals surface area contributed by atoms with Crippen LogP contribution in [0.3, 0.4) is 0 Å². The van der Waals surface area contributed by atoms with Gasteiger partial charge in [0.05, 0.1) is 12.7 Å². The molecule has 0 aromatic rings. The first kappa shape index (κ1) is 24.3. The van der Waals surface area contributed by atoms with Crippen molar-refractivity contribution < 1.29 is 42.6 Å². The normalized spacial score (nSPS) is 17.6. The maximum Gasteiger partial charge on any atom is 0.0781 e. The van der Waals surface area contributed by atoms with Crippen LogP contribution in [0.5, 0.6) is 0 Å². The van der Waals surface area contributed by atoms with Crippen molar-refractivity contribution in [3.63, 3.8) is 0 Å². The van der Waals surface area contributed by atoms with E-state index in [-0.39, 0.29) is 38.8 Å². The van der Waals surface area contributed by atoms with Gasteiger partial charge in [-0.1, -0.05) is 47.1 Å². The molecule has 3 heteroatoms. The van der Waals surface area contributed by atoms with Crippen LogP contribution in [0.15, 0.2) is 0 Å². The van der Waals surface area contributed by atoms with E-state index < -0.39 is 0 Å². The summed E-state index contributed by atoms with van der Waals surface area (Å²) in [4.78, 5) is 0. The minimum atomic E-state index is -0.366. The molecule has 1 saturated heterocycles. The molecule has 87 valence electrons. The van der Waals surface area contributed by atoms with Gasteiger partial charge in [-0.2, -0.15) is 0 Å². The molecule has 0 saturated carbocycles. The zero-order chi connectivity index (χ0) is 11.3. The summed E-state index contributed by atoms with van der Waals surface area (Å²) in [6.45, 7) is 16.2. The second-order valence-corrected chi connectivity index (χ2v) is 2.21. The van der Waals surface area contributed by atoms with Gasteiger partial charge in [-0.3, -0.25) is 0 Å². The van der Waals surface area contributed by atoms with Crippen LogP contribution in [0.2, 0.25) is 0 Å². The molecular formula is C11H27O2Y-. The van der Waals surface area contributed by atoms with Crippen LogP contribution in [-0.2, 0) is 37.4 Å². The number of hydrogen-bond donors (Lipinski definition) is 1. The molecule has 1 rings (SSSR count). The van der Waals surface area contributed by atoms with Crippen molar-refractivity contribution in [1.29, 1.82) is 0 Å². The molecule has 0 bridgehead atoms. The minimum Gasteiger partial charge on any atom is -0.425 e. The maximum absolute atomic E-state index is 8.25. The topological polar surface area (TPSA) is 32.8 Å². The number of aliphatic hydroxyl groups excluding tert-OH is 1. The molecule has 1 fully saturated rings. The van der Waals surface area contributed by atoms with Crippen LogP contribution < -0.4 is 0 Å². The Morgan fingerprint density at radius 3 is 1.50 bits per heavy atom. The van der Waals surface area contributed by atoms with Crippen LogP contribution >= 0.6 is 0 Å². The molecule has 0 spiro atoms. The Morgan fingerprint density at radius 1 is 1.36 bits per heavy atom. The number of ether oxygens (including phenoxy) is 1. The van der Waals surface area contributed by atoms with Crippen LogP contribution in [-0.4, -0.2) is 23.9 Å². The van der Waals surface area contributed by atoms with Gasteiger partial charge in [0.25, 0.3) is 0 Å². The first-order valence-corrected chi connectivity index (χ1v) is 5.29. The Labute approximate surface area is 116 Å². The van der Waals surface area contributed by atoms with E-state index >= 15 is 0 Å². The summed E-state index contributed by atoms with van der Waals surface area (Å²) in [5.74, 6) is 0. The smallest absolute Gasteiger partial charge is 0.0781 e. The monoisotopic (exact) mass is 280 g/mol. The molecular weight excluding hydrogens is 253 g/mol. The Kier molecular flexibility index (Phi) is 41.1. The maximum atomic E-state index is 8.25. The molecule has 0 amide bonds. The second kappa shape index (κ2) is 23.7. The van der Waals surface area contributed by atoms with Crippen molar-refractivity contribution in [2.24, 2.45) is 0 Å². The summed E-state index contributed by atoms with van der Waals surface area (Å²) >= 11 is 0. The van der Waals surface area contributed by atoms with E-state index in [1.54, 1.807) is 0 Å². The van der Waals surface area contributed by atoms with E-state index in [0.29, 0.717) is 6.10 Å². The largest absolute Gasteiger partial charge is 0.425 e. The number of aliphatic hydroxyl groups is 1. The molecule has 2 atom stereocenters. The number of rotatable bonds is 1. The summed E-state index contributed by atoms with van der Waals surface area (Å²) in [5, 5.41) is 8.25. The van der Waals surface area contributed by atoms with Gasteiger partial charge in [-0.05, 0) is 6.92 Å². The van der Waals surface area contributed by atoms with Crippen molar-refractivity contribution >= 4 is 0 Å². The summed E-state index contributed by atoms with van der Waals surface area (Å²) in [6.07, 6.45) is 0.968. The molecule has 0 aromatic carbocycles. The number of hydrogen-bond acceptors (Lipinski definition) is 2. The molecule has 1 aliphatic heterocycles. The van der Waals surface area contributed by atoms with Crippen molar-refractivity contribution in [3.8, 4) is 0 Å². The van der Waals surface area contributed by atoms with E-state index in [9.17, 15) is 0 Å². The summed E-state index contributed by atoms with van der Waals surface area (Å²) in [7, 11) is 0. The Bertz CT molecular complexity index is 64.3. The van der Waals surface area contributed by atoms with Gasteiger partial charge in [0.15, 0.2) is 0 Å². The number of epoxide rings is 1. The third-order valence-corrected chi connectivity index (χ3v) is 0.971. The third kappa shape index (κ3) is 51.9. The van der Waals surface area contributed by atoms with E-state index in [2.05, 4.69) is 13.8 Å². The van der Waals surface area contributed by atoms with Gasteiger partial charge in [-0.25, -0.2) is 0 Å². The Morgan fingerprint density at radius 2 is 1.50 bits per heavy atom. The zero-order valence-electron chi connectivity index (χ0n) is 10.7. The van der Waals surface area contributed by atoms with Gasteiger partial charge in [0.1, 0.15) is 0 Å². The predicted molar refractivity (Wildman–Crippen MR) is 59.8 cm³/mol. The van der Waals surface area contributed by atoms with E-state index in [1.165, 1.54) is 0 Å². The van der Waals surface area contributed by atoms with Gasteiger partial charge in [0.2, 0.25) is 0 Å². The molecule has 1 aliphatic rings. The summed E-state index contributed by atoms with van der Waals surface area (Å²) in [5.41, 5.74) is 0. The van der Waals surface area contributed by atoms with Crippen LogP contribution in [0, 0.1) is 6.92 Å². The summed E-state index contributed by atoms with van der Waals surface area (Å²) < 4.78 is 4.71. The fourth-order valence-corrected chi connectivity index (χ4v) is 0.0962. The predicted octanol–water partition coefficient (Wildman–Crippen LogP) is 3.05. The van der Waals surface area contributed by atoms with Crippen LogP contribution in [0.1, 0.15) is 48.0 Å². The molecule has 1 heterocycles. The van der Waals surface area contributed by atoms with E-state index in [1.807, 2.05) is 34.6 Å². The molecule has 14 heavy (non-hydrogen) atoms. The second-order valence-electron chi connectivity index (χ2n) is 2.21. The average molecular weight is 280 g/mol. The van der Waals surface area contributed by atoms with Crippen molar-refractivity contribution in [1.82, 2.24) is 0 Å². The van der Waals surface area contributed by atoms with Crippen molar-refractivity contribution in [2.75, 3.05) is 6.61 Å². The SMILES string of the molecule is CC.CC.CC1CO1.[CH2-]C(O)CC.[Y]. The van der Waals surface area contributed by atoms with Crippen LogP contribution in [0.4, 0.5) is 0 Å². The first-order chi connectivity index (χ1) is 6.16. The Hall–Kier alpha value is 1.02. The van der Waals surface area contributed by atoms with Crippen molar-refractivity contribution in [2.45, 2.75) is 60.2 Å². The molecule has 0 aliphatic carbocycles. The van der Waals surface area contributed by atoms with Gasteiger partial charge in [-0.15, -0.1) is 0 Å². The molecule has 1 N–H and O–H groups in total. The van der Waals surface area contributed by atoms with Gasteiger partial charge < -0.3 is 16.8 Å². The minimum absolute atomic E-state index is 0. The van der Waals surface area contributed by atoms with E-state index in [0.717, 1.165) is 13.0 Å². The van der Waals surface area contributed by atoms with E-state index in [4.69, 9.17) is 9.84 Å². The molecule has 0 aromatic heterocycles.